The number of nitrogens with zero attached hydrogens (tertiary/aromatic N) is 1. The molecule has 0 saturated carbocycles. The molecule has 1 aliphatic carbocycles. The third kappa shape index (κ3) is 3.40. The minimum Gasteiger partial charge on any atom is -0.358 e. The summed E-state index contributed by atoms with van der Waals surface area (Å²) in [5.41, 5.74) is 4.46. The molecule has 0 spiro atoms. The van der Waals surface area contributed by atoms with E-state index in [1.807, 2.05) is 12.1 Å². The van der Waals surface area contributed by atoms with Crippen molar-refractivity contribution in [3.63, 3.8) is 0 Å². The number of benzene rings is 2. The maximum Gasteiger partial charge on any atom is 0.282 e. The molecule has 0 radical (unpaired) electrons. The first kappa shape index (κ1) is 17.5. The zero-order valence-corrected chi connectivity index (χ0v) is 15.3. The van der Waals surface area contributed by atoms with E-state index in [4.69, 9.17) is 11.6 Å². The van der Waals surface area contributed by atoms with Crippen LogP contribution in [0.25, 0.3) is 10.9 Å². The summed E-state index contributed by atoms with van der Waals surface area (Å²) in [6, 6.07) is 10.0. The van der Waals surface area contributed by atoms with E-state index in [1.54, 1.807) is 0 Å². The van der Waals surface area contributed by atoms with Crippen molar-refractivity contribution >= 4 is 34.1 Å². The average molecular weight is 384 g/mol. The molecule has 1 aliphatic rings. The van der Waals surface area contributed by atoms with Gasteiger partial charge in [-0.15, -0.1) is 0 Å². The predicted octanol–water partition coefficient (Wildman–Crippen LogP) is 4.54. The monoisotopic (exact) mass is 383 g/mol. The molecule has 7 heteroatoms. The van der Waals surface area contributed by atoms with Gasteiger partial charge in [0.2, 0.25) is 0 Å². The number of aromatic amines is 1. The number of aromatic nitrogens is 1. The number of aryl methyl sites for hydroxylation is 2. The number of hydrogen-bond donors (Lipinski definition) is 2. The van der Waals surface area contributed by atoms with Gasteiger partial charge >= 0.3 is 0 Å². The Morgan fingerprint density at radius 2 is 2.00 bits per heavy atom. The lowest BCUT2D eigenvalue weighted by Crippen LogP contribution is -2.23. The molecular formula is C20H18ClN3O3. The van der Waals surface area contributed by atoms with Crippen molar-refractivity contribution in [1.82, 2.24) is 10.3 Å². The number of hydrogen-bond acceptors (Lipinski definition) is 3. The lowest BCUT2D eigenvalue weighted by molar-refractivity contribution is -0.385. The number of nitro groups is 1. The number of amides is 1. The quantitative estimate of drug-likeness (QED) is 0.512. The van der Waals surface area contributed by atoms with Crippen LogP contribution in [0.4, 0.5) is 5.69 Å². The topological polar surface area (TPSA) is 88.0 Å². The molecule has 1 aromatic heterocycles. The minimum atomic E-state index is -0.580. The third-order valence-electron chi connectivity index (χ3n) is 5.02. The Hall–Kier alpha value is -2.86. The van der Waals surface area contributed by atoms with Crippen molar-refractivity contribution in [2.75, 3.05) is 0 Å². The van der Waals surface area contributed by atoms with Crippen LogP contribution < -0.4 is 5.32 Å². The fourth-order valence-electron chi connectivity index (χ4n) is 3.69. The molecular weight excluding hydrogens is 366 g/mol. The second-order valence-corrected chi connectivity index (χ2v) is 7.21. The van der Waals surface area contributed by atoms with Gasteiger partial charge in [-0.3, -0.25) is 14.9 Å². The second kappa shape index (κ2) is 7.04. The van der Waals surface area contributed by atoms with E-state index in [0.717, 1.165) is 23.9 Å². The summed E-state index contributed by atoms with van der Waals surface area (Å²) in [4.78, 5) is 26.5. The van der Waals surface area contributed by atoms with Gasteiger partial charge in [0, 0.05) is 34.2 Å². The van der Waals surface area contributed by atoms with Crippen molar-refractivity contribution in [3.05, 3.63) is 73.9 Å². The first-order chi connectivity index (χ1) is 13.0. The first-order valence-electron chi connectivity index (χ1n) is 8.87. The van der Waals surface area contributed by atoms with E-state index in [9.17, 15) is 14.9 Å². The highest BCUT2D eigenvalue weighted by Gasteiger charge is 2.20. The van der Waals surface area contributed by atoms with E-state index in [1.165, 1.54) is 47.7 Å². The van der Waals surface area contributed by atoms with Crippen LogP contribution in [0.5, 0.6) is 0 Å². The molecule has 1 amide bonds. The second-order valence-electron chi connectivity index (χ2n) is 6.77. The van der Waals surface area contributed by atoms with Crippen LogP contribution in [0.15, 0.2) is 36.4 Å². The zero-order chi connectivity index (χ0) is 19.0. The van der Waals surface area contributed by atoms with E-state index < -0.39 is 10.8 Å². The van der Waals surface area contributed by atoms with Crippen molar-refractivity contribution in [2.45, 2.75) is 32.2 Å². The van der Waals surface area contributed by atoms with Gasteiger partial charge in [0.05, 0.1) is 4.92 Å². The van der Waals surface area contributed by atoms with Gasteiger partial charge in [-0.25, -0.2) is 0 Å². The maximum atomic E-state index is 12.5. The van der Waals surface area contributed by atoms with Crippen LogP contribution >= 0.6 is 11.6 Å². The van der Waals surface area contributed by atoms with Gasteiger partial charge in [0.15, 0.2) is 0 Å². The molecule has 3 aromatic rings. The summed E-state index contributed by atoms with van der Waals surface area (Å²) in [6.45, 7) is 0.290. The predicted molar refractivity (Wildman–Crippen MR) is 104 cm³/mol. The number of carbonyl (C=O) groups excluding carboxylic acids is 1. The molecule has 0 atom stereocenters. The standard InChI is InChI=1S/C20H18ClN3O3/c21-13-6-8-19(24(26)27)16(10-13)20(25)22-11-12-5-7-18-15(9-12)14-3-1-2-4-17(14)23-18/h5-10,23H,1-4,11H2,(H,22,25). The molecule has 0 aliphatic heterocycles. The Kier molecular flexibility index (Phi) is 4.58. The molecule has 4 rings (SSSR count). The van der Waals surface area contributed by atoms with Crippen molar-refractivity contribution in [2.24, 2.45) is 0 Å². The van der Waals surface area contributed by atoms with Gasteiger partial charge in [-0.2, -0.15) is 0 Å². The largest absolute Gasteiger partial charge is 0.358 e. The molecule has 0 bridgehead atoms. The number of nitro benzene ring substituents is 1. The van der Waals surface area contributed by atoms with Crippen molar-refractivity contribution < 1.29 is 9.72 Å². The molecule has 2 aromatic carbocycles. The molecule has 27 heavy (non-hydrogen) atoms. The van der Waals surface area contributed by atoms with Crippen molar-refractivity contribution in [1.29, 1.82) is 0 Å². The Morgan fingerprint density at radius 1 is 1.19 bits per heavy atom. The highest BCUT2D eigenvalue weighted by Crippen LogP contribution is 2.30. The fourth-order valence-corrected chi connectivity index (χ4v) is 3.86. The summed E-state index contributed by atoms with van der Waals surface area (Å²) in [6.07, 6.45) is 4.55. The minimum absolute atomic E-state index is 0.0346. The zero-order valence-electron chi connectivity index (χ0n) is 14.5. The summed E-state index contributed by atoms with van der Waals surface area (Å²) in [7, 11) is 0. The Morgan fingerprint density at radius 3 is 2.81 bits per heavy atom. The molecule has 1 heterocycles. The van der Waals surface area contributed by atoms with Crippen LogP contribution in [0, 0.1) is 10.1 Å². The van der Waals surface area contributed by atoms with Crippen LogP contribution in [-0.2, 0) is 19.4 Å². The summed E-state index contributed by atoms with van der Waals surface area (Å²) in [5, 5.41) is 15.4. The number of halogens is 1. The lowest BCUT2D eigenvalue weighted by atomic mass is 9.95. The van der Waals surface area contributed by atoms with Crippen molar-refractivity contribution in [3.8, 4) is 0 Å². The smallest absolute Gasteiger partial charge is 0.282 e. The number of fused-ring (bicyclic) bond motifs is 3. The average Bonchev–Trinajstić information content (AvgIpc) is 3.03. The van der Waals surface area contributed by atoms with Crippen LogP contribution in [-0.4, -0.2) is 15.8 Å². The van der Waals surface area contributed by atoms with E-state index in [2.05, 4.69) is 16.4 Å². The Bertz CT molecular complexity index is 1060. The van der Waals surface area contributed by atoms with E-state index in [0.29, 0.717) is 6.54 Å². The molecule has 6 nitrogen and oxygen atoms in total. The van der Waals surface area contributed by atoms with Crippen LogP contribution in [0.2, 0.25) is 5.02 Å². The molecule has 2 N–H and O–H groups in total. The highest BCUT2D eigenvalue weighted by atomic mass is 35.5. The number of H-pyrrole nitrogens is 1. The van der Waals surface area contributed by atoms with Gasteiger partial charge in [0.25, 0.3) is 11.6 Å². The SMILES string of the molecule is O=C(NCc1ccc2[nH]c3c(c2c1)CCCC3)c1cc(Cl)ccc1[N+](=O)[O-]. The Labute approximate surface area is 160 Å². The fraction of sp³-hybridized carbons (Fsp3) is 0.250. The molecule has 0 saturated heterocycles. The number of rotatable bonds is 4. The maximum absolute atomic E-state index is 12.5. The molecule has 0 unspecified atom stereocenters. The normalized spacial score (nSPS) is 13.4. The first-order valence-corrected chi connectivity index (χ1v) is 9.25. The Balaban J connectivity index is 1.56. The van der Waals surface area contributed by atoms with Gasteiger partial charge < -0.3 is 10.3 Å². The summed E-state index contributed by atoms with van der Waals surface area (Å²) < 4.78 is 0. The highest BCUT2D eigenvalue weighted by molar-refractivity contribution is 6.31. The summed E-state index contributed by atoms with van der Waals surface area (Å²) in [5.74, 6) is -0.514. The molecule has 138 valence electrons. The van der Waals surface area contributed by atoms with Gasteiger partial charge in [-0.05, 0) is 61.1 Å². The molecule has 0 fully saturated rings. The van der Waals surface area contributed by atoms with Crippen LogP contribution in [0.3, 0.4) is 0 Å². The van der Waals surface area contributed by atoms with E-state index >= 15 is 0 Å². The van der Waals surface area contributed by atoms with Crippen LogP contribution in [0.1, 0.15) is 40.0 Å². The number of carbonyl (C=O) groups is 1. The van der Waals surface area contributed by atoms with Gasteiger partial charge in [-0.1, -0.05) is 17.7 Å². The lowest BCUT2D eigenvalue weighted by Gasteiger charge is -2.11. The third-order valence-corrected chi connectivity index (χ3v) is 5.25. The van der Waals surface area contributed by atoms with E-state index in [-0.39, 0.29) is 16.3 Å². The van der Waals surface area contributed by atoms with Gasteiger partial charge in [0.1, 0.15) is 5.56 Å². The number of nitrogens with one attached hydrogen (secondary N) is 2. The summed E-state index contributed by atoms with van der Waals surface area (Å²) >= 11 is 5.90.